The van der Waals surface area contributed by atoms with Crippen molar-refractivity contribution in [2.45, 2.75) is 6.92 Å². The number of hydrogen-bond acceptors (Lipinski definition) is 4. The van der Waals surface area contributed by atoms with Crippen LogP contribution in [-0.2, 0) is 0 Å². The number of fused-ring (bicyclic) bond motifs is 14. The van der Waals surface area contributed by atoms with Crippen LogP contribution in [0.15, 0.2) is 133 Å². The van der Waals surface area contributed by atoms with Gasteiger partial charge in [-0.3, -0.25) is 0 Å². The van der Waals surface area contributed by atoms with Gasteiger partial charge in [-0.05, 0) is 64.9 Å². The minimum absolute atomic E-state index is 0.938. The van der Waals surface area contributed by atoms with Gasteiger partial charge in [-0.25, -0.2) is 9.97 Å². The number of para-hydroxylation sites is 1. The molecule has 0 amide bonds. The lowest BCUT2D eigenvalue weighted by Gasteiger charge is -2.11. The van der Waals surface area contributed by atoms with Crippen LogP contribution in [0.5, 0.6) is 0 Å². The van der Waals surface area contributed by atoms with Crippen LogP contribution >= 0.6 is 22.7 Å². The zero-order chi connectivity index (χ0) is 31.5. The standard InChI is InChI=1S/C43H25N3S2/c1-24-39(45-43-40(44-24)32-15-7-9-17-35(32)48-43)25-18-20-28(21-19-25)46-34-16-8-6-14-31(34)37-29-12-4-5-13-30(29)38-33-22-26-10-2-3-11-27(26)23-36(33)47-42(38)41(37)46/h2-23H,1H3. The van der Waals surface area contributed by atoms with Gasteiger partial charge in [-0.15, -0.1) is 22.7 Å². The summed E-state index contributed by atoms with van der Waals surface area (Å²) < 4.78 is 6.34. The maximum Gasteiger partial charge on any atom is 0.143 e. The van der Waals surface area contributed by atoms with E-state index in [9.17, 15) is 0 Å². The number of thiophene rings is 2. The van der Waals surface area contributed by atoms with Gasteiger partial charge in [0.2, 0.25) is 0 Å². The van der Waals surface area contributed by atoms with Crippen LogP contribution in [-0.4, -0.2) is 14.5 Å². The zero-order valence-corrected chi connectivity index (χ0v) is 27.5. The summed E-state index contributed by atoms with van der Waals surface area (Å²) in [5, 5.41) is 11.6. The van der Waals surface area contributed by atoms with Crippen LogP contribution in [0.3, 0.4) is 0 Å². The van der Waals surface area contributed by atoms with Crippen molar-refractivity contribution in [1.82, 2.24) is 14.5 Å². The summed E-state index contributed by atoms with van der Waals surface area (Å²) in [6.07, 6.45) is 0. The maximum atomic E-state index is 5.15. The number of hydrogen-bond donors (Lipinski definition) is 0. The van der Waals surface area contributed by atoms with Crippen molar-refractivity contribution in [3.8, 4) is 16.9 Å². The highest BCUT2D eigenvalue weighted by Gasteiger charge is 2.22. The topological polar surface area (TPSA) is 30.7 Å². The van der Waals surface area contributed by atoms with Gasteiger partial charge in [0.05, 0.1) is 27.1 Å². The van der Waals surface area contributed by atoms with E-state index in [0.29, 0.717) is 0 Å². The third kappa shape index (κ3) is 3.57. The molecule has 0 N–H and O–H groups in total. The Balaban J connectivity index is 1.20. The third-order valence-corrected chi connectivity index (χ3v) is 12.1. The Hall–Kier alpha value is -5.62. The molecule has 224 valence electrons. The Bertz CT molecular complexity index is 3130. The molecule has 0 atom stereocenters. The van der Waals surface area contributed by atoms with Crippen LogP contribution in [0.25, 0.3) is 101 Å². The Morgan fingerprint density at radius 1 is 0.542 bits per heavy atom. The zero-order valence-electron chi connectivity index (χ0n) is 25.9. The lowest BCUT2D eigenvalue weighted by molar-refractivity contribution is 1.18. The molecule has 0 saturated carbocycles. The Kier molecular flexibility index (Phi) is 5.35. The van der Waals surface area contributed by atoms with E-state index in [0.717, 1.165) is 33.0 Å². The smallest absolute Gasteiger partial charge is 0.143 e. The Morgan fingerprint density at radius 3 is 2.02 bits per heavy atom. The minimum atomic E-state index is 0.938. The predicted octanol–water partition coefficient (Wildman–Crippen LogP) is 12.6. The second-order valence-corrected chi connectivity index (χ2v) is 14.7. The van der Waals surface area contributed by atoms with Crippen molar-refractivity contribution in [1.29, 1.82) is 0 Å². The quantitative estimate of drug-likeness (QED) is 0.187. The fraction of sp³-hybridized carbons (Fsp3) is 0.0233. The molecule has 0 bridgehead atoms. The van der Waals surface area contributed by atoms with Gasteiger partial charge in [0.15, 0.2) is 0 Å². The summed E-state index contributed by atoms with van der Waals surface area (Å²) in [7, 11) is 0. The van der Waals surface area contributed by atoms with E-state index in [2.05, 4.69) is 145 Å². The van der Waals surface area contributed by atoms with Crippen LogP contribution < -0.4 is 0 Å². The van der Waals surface area contributed by atoms with Crippen LogP contribution in [0, 0.1) is 6.92 Å². The van der Waals surface area contributed by atoms with E-state index in [1.54, 1.807) is 11.3 Å². The number of rotatable bonds is 2. The molecule has 0 aliphatic carbocycles. The van der Waals surface area contributed by atoms with Gasteiger partial charge < -0.3 is 4.57 Å². The normalized spacial score (nSPS) is 12.3. The molecule has 0 unspecified atom stereocenters. The number of aryl methyl sites for hydroxylation is 1. The molecule has 4 heterocycles. The highest BCUT2D eigenvalue weighted by Crippen LogP contribution is 2.48. The third-order valence-electron chi connectivity index (χ3n) is 9.90. The van der Waals surface area contributed by atoms with E-state index in [1.807, 2.05) is 11.3 Å². The molecule has 0 radical (unpaired) electrons. The molecule has 4 aromatic heterocycles. The minimum Gasteiger partial charge on any atom is -0.308 e. The van der Waals surface area contributed by atoms with E-state index < -0.39 is 0 Å². The van der Waals surface area contributed by atoms with Gasteiger partial charge in [-0.2, -0.15) is 0 Å². The molecule has 11 rings (SSSR count). The first-order valence-electron chi connectivity index (χ1n) is 16.2. The number of benzene rings is 7. The molecular weight excluding hydrogens is 623 g/mol. The molecule has 0 spiro atoms. The van der Waals surface area contributed by atoms with Crippen molar-refractivity contribution in [3.63, 3.8) is 0 Å². The summed E-state index contributed by atoms with van der Waals surface area (Å²) in [4.78, 5) is 11.2. The van der Waals surface area contributed by atoms with Crippen LogP contribution in [0.1, 0.15) is 5.69 Å². The second kappa shape index (κ2) is 9.71. The number of aromatic nitrogens is 3. The first-order chi connectivity index (χ1) is 23.7. The van der Waals surface area contributed by atoms with Crippen molar-refractivity contribution in [3.05, 3.63) is 139 Å². The van der Waals surface area contributed by atoms with Gasteiger partial charge in [-0.1, -0.05) is 97.1 Å². The van der Waals surface area contributed by atoms with Crippen molar-refractivity contribution in [2.24, 2.45) is 0 Å². The molecule has 3 nitrogen and oxygen atoms in total. The van der Waals surface area contributed by atoms with Gasteiger partial charge >= 0.3 is 0 Å². The molecule has 0 aliphatic rings. The monoisotopic (exact) mass is 647 g/mol. The van der Waals surface area contributed by atoms with Crippen LogP contribution in [0.4, 0.5) is 0 Å². The summed E-state index contributed by atoms with van der Waals surface area (Å²) in [6, 6.07) is 48.6. The van der Waals surface area contributed by atoms with Crippen molar-refractivity contribution < 1.29 is 0 Å². The van der Waals surface area contributed by atoms with E-state index in [-0.39, 0.29) is 0 Å². The first-order valence-corrected chi connectivity index (χ1v) is 17.8. The van der Waals surface area contributed by atoms with E-state index in [1.165, 1.54) is 73.6 Å². The lowest BCUT2D eigenvalue weighted by Crippen LogP contribution is -1.96. The fourth-order valence-corrected chi connectivity index (χ4v) is 10.1. The van der Waals surface area contributed by atoms with Crippen molar-refractivity contribution in [2.75, 3.05) is 0 Å². The lowest BCUT2D eigenvalue weighted by atomic mass is 9.98. The van der Waals surface area contributed by atoms with Gasteiger partial charge in [0.25, 0.3) is 0 Å². The summed E-state index contributed by atoms with van der Waals surface area (Å²) in [5.41, 5.74) is 7.57. The van der Waals surface area contributed by atoms with Gasteiger partial charge in [0, 0.05) is 47.6 Å². The largest absolute Gasteiger partial charge is 0.308 e. The Morgan fingerprint density at radius 2 is 1.21 bits per heavy atom. The summed E-state index contributed by atoms with van der Waals surface area (Å²) in [6.45, 7) is 2.07. The fourth-order valence-electron chi connectivity index (χ4n) is 7.78. The highest BCUT2D eigenvalue weighted by molar-refractivity contribution is 7.27. The summed E-state index contributed by atoms with van der Waals surface area (Å²) >= 11 is 3.62. The molecule has 0 saturated heterocycles. The number of nitrogens with zero attached hydrogens (tertiary/aromatic N) is 3. The SMILES string of the molecule is Cc1nc2c(nc1-c1ccc(-n3c4ccccc4c4c5ccccc5c5c6cc7ccccc7cc6sc5c43)cc1)sc1ccccc12. The van der Waals surface area contributed by atoms with Crippen LogP contribution in [0.2, 0.25) is 0 Å². The Labute approximate surface area is 283 Å². The molecule has 48 heavy (non-hydrogen) atoms. The first kappa shape index (κ1) is 26.4. The molecule has 5 heteroatoms. The average Bonchev–Trinajstić information content (AvgIpc) is 3.80. The second-order valence-electron chi connectivity index (χ2n) is 12.6. The highest BCUT2D eigenvalue weighted by atomic mass is 32.1. The molecule has 0 aliphatic heterocycles. The molecule has 7 aromatic carbocycles. The average molecular weight is 648 g/mol. The predicted molar refractivity (Wildman–Crippen MR) is 207 cm³/mol. The van der Waals surface area contributed by atoms with E-state index in [4.69, 9.17) is 9.97 Å². The molecule has 11 aromatic rings. The van der Waals surface area contributed by atoms with E-state index >= 15 is 0 Å². The summed E-state index contributed by atoms with van der Waals surface area (Å²) in [5.74, 6) is 0. The molecule has 0 fully saturated rings. The molecular formula is C43H25N3S2. The van der Waals surface area contributed by atoms with Crippen molar-refractivity contribution >= 4 is 107 Å². The van der Waals surface area contributed by atoms with Gasteiger partial charge in [0.1, 0.15) is 10.3 Å². The maximum absolute atomic E-state index is 5.15.